The van der Waals surface area contributed by atoms with Gasteiger partial charge in [-0.15, -0.1) is 0 Å². The fourth-order valence-electron chi connectivity index (χ4n) is 2.96. The number of aromatic nitrogens is 2. The summed E-state index contributed by atoms with van der Waals surface area (Å²) in [6.45, 7) is 3.75. The Morgan fingerprint density at radius 3 is 2.64 bits per heavy atom. The maximum absolute atomic E-state index is 12.4. The molecule has 1 fully saturated rings. The molecule has 0 bridgehead atoms. The molecule has 8 nitrogen and oxygen atoms in total. The highest BCUT2D eigenvalue weighted by molar-refractivity contribution is 5.96. The lowest BCUT2D eigenvalue weighted by Crippen LogP contribution is -2.44. The highest BCUT2D eigenvalue weighted by Crippen LogP contribution is 2.28. The highest BCUT2D eigenvalue weighted by Gasteiger charge is 2.33. The third-order valence-corrected chi connectivity index (χ3v) is 4.16. The summed E-state index contributed by atoms with van der Waals surface area (Å²) < 4.78 is 1.33. The van der Waals surface area contributed by atoms with Crippen LogP contribution in [0.2, 0.25) is 0 Å². The van der Waals surface area contributed by atoms with Crippen LogP contribution in [-0.2, 0) is 6.54 Å². The fourth-order valence-corrected chi connectivity index (χ4v) is 2.96. The van der Waals surface area contributed by atoms with Crippen molar-refractivity contribution < 1.29 is 14.8 Å². The highest BCUT2D eigenvalue weighted by atomic mass is 16.6. The molecule has 1 heterocycles. The molecule has 1 saturated carbocycles. The van der Waals surface area contributed by atoms with Crippen molar-refractivity contribution in [1.82, 2.24) is 15.1 Å². The molecule has 1 amide bonds. The first kappa shape index (κ1) is 16.4. The molecule has 1 aliphatic carbocycles. The second-order valence-corrected chi connectivity index (χ2v) is 5.82. The molecular formula is C14H22N4O4. The van der Waals surface area contributed by atoms with Gasteiger partial charge in [-0.1, -0.05) is 19.3 Å². The van der Waals surface area contributed by atoms with Crippen molar-refractivity contribution in [1.29, 1.82) is 0 Å². The van der Waals surface area contributed by atoms with E-state index < -0.39 is 16.4 Å². The van der Waals surface area contributed by atoms with Crippen LogP contribution in [0.25, 0.3) is 0 Å². The monoisotopic (exact) mass is 310 g/mol. The molecule has 2 rings (SSSR count). The first-order valence-electron chi connectivity index (χ1n) is 7.60. The van der Waals surface area contributed by atoms with Crippen LogP contribution in [0.5, 0.6) is 0 Å². The molecule has 1 aliphatic rings. The lowest BCUT2D eigenvalue weighted by molar-refractivity contribution is -0.385. The summed E-state index contributed by atoms with van der Waals surface area (Å²) in [5.41, 5.74) is -1.01. The Balaban J connectivity index is 2.17. The topological polar surface area (TPSA) is 110 Å². The van der Waals surface area contributed by atoms with Crippen LogP contribution in [0.3, 0.4) is 0 Å². The van der Waals surface area contributed by atoms with Crippen LogP contribution >= 0.6 is 0 Å². The number of nitro groups is 1. The fraction of sp³-hybridized carbons (Fsp3) is 0.714. The molecule has 0 spiro atoms. The molecule has 8 heteroatoms. The van der Waals surface area contributed by atoms with Gasteiger partial charge in [0, 0.05) is 13.1 Å². The quantitative estimate of drug-likeness (QED) is 0.633. The van der Waals surface area contributed by atoms with Gasteiger partial charge < -0.3 is 10.4 Å². The molecule has 2 N–H and O–H groups in total. The van der Waals surface area contributed by atoms with Gasteiger partial charge in [-0.05, 0) is 26.7 Å². The Morgan fingerprint density at radius 1 is 1.45 bits per heavy atom. The number of hydrogen-bond acceptors (Lipinski definition) is 5. The van der Waals surface area contributed by atoms with Crippen molar-refractivity contribution in [3.63, 3.8) is 0 Å². The molecule has 22 heavy (non-hydrogen) atoms. The number of hydrogen-bond donors (Lipinski definition) is 2. The Morgan fingerprint density at radius 2 is 2.09 bits per heavy atom. The van der Waals surface area contributed by atoms with Crippen molar-refractivity contribution in [3.05, 3.63) is 21.5 Å². The Kier molecular flexibility index (Phi) is 4.80. The van der Waals surface area contributed by atoms with E-state index in [1.54, 1.807) is 6.92 Å². The summed E-state index contributed by atoms with van der Waals surface area (Å²) in [4.78, 5) is 22.9. The molecule has 0 aliphatic heterocycles. The Bertz CT molecular complexity index is 576. The average Bonchev–Trinajstić information content (AvgIpc) is 2.82. The van der Waals surface area contributed by atoms with Crippen LogP contribution in [0.15, 0.2) is 0 Å². The maximum Gasteiger partial charge on any atom is 0.322 e. The molecule has 0 unspecified atom stereocenters. The van der Waals surface area contributed by atoms with Gasteiger partial charge in [0.2, 0.25) is 5.69 Å². The molecule has 0 radical (unpaired) electrons. The summed E-state index contributed by atoms with van der Waals surface area (Å²) >= 11 is 0. The number of nitrogens with one attached hydrogen (secondary N) is 1. The predicted molar refractivity (Wildman–Crippen MR) is 79.7 cm³/mol. The van der Waals surface area contributed by atoms with Gasteiger partial charge in [0.1, 0.15) is 5.69 Å². The number of aliphatic hydroxyl groups is 1. The van der Waals surface area contributed by atoms with E-state index in [2.05, 4.69) is 10.4 Å². The largest absolute Gasteiger partial charge is 0.388 e. The SMILES string of the molecule is CCn1nc(C)c([N+](=O)[O-])c1C(=O)NCC1(O)CCCCC1. The summed E-state index contributed by atoms with van der Waals surface area (Å²) in [5.74, 6) is -0.562. The zero-order chi connectivity index (χ0) is 16.3. The van der Waals surface area contributed by atoms with Crippen molar-refractivity contribution in [2.24, 2.45) is 0 Å². The first-order chi connectivity index (χ1) is 10.4. The zero-order valence-electron chi connectivity index (χ0n) is 13.0. The first-order valence-corrected chi connectivity index (χ1v) is 7.60. The van der Waals surface area contributed by atoms with Crippen molar-refractivity contribution in [3.8, 4) is 0 Å². The lowest BCUT2D eigenvalue weighted by Gasteiger charge is -2.32. The maximum atomic E-state index is 12.4. The van der Waals surface area contributed by atoms with Crippen molar-refractivity contribution >= 4 is 11.6 Å². The van der Waals surface area contributed by atoms with Crippen LogP contribution in [-0.4, -0.2) is 37.9 Å². The molecule has 0 atom stereocenters. The summed E-state index contributed by atoms with van der Waals surface area (Å²) in [7, 11) is 0. The minimum Gasteiger partial charge on any atom is -0.388 e. The van der Waals surface area contributed by atoms with E-state index in [1.807, 2.05) is 0 Å². The van der Waals surface area contributed by atoms with Gasteiger partial charge in [0.05, 0.1) is 10.5 Å². The van der Waals surface area contributed by atoms with Crippen molar-refractivity contribution in [2.75, 3.05) is 6.54 Å². The number of rotatable bonds is 5. The summed E-state index contributed by atoms with van der Waals surface area (Å²) in [5, 5.41) is 28.2. The van der Waals surface area contributed by atoms with Gasteiger partial charge in [-0.3, -0.25) is 19.6 Å². The number of carbonyl (C=O) groups excluding carboxylic acids is 1. The molecule has 1 aromatic rings. The predicted octanol–water partition coefficient (Wildman–Crippen LogP) is 1.54. The number of amides is 1. The molecule has 122 valence electrons. The zero-order valence-corrected chi connectivity index (χ0v) is 13.0. The van der Waals surface area contributed by atoms with E-state index in [4.69, 9.17) is 0 Å². The molecule has 0 aromatic carbocycles. The van der Waals surface area contributed by atoms with E-state index in [1.165, 1.54) is 11.6 Å². The lowest BCUT2D eigenvalue weighted by atomic mass is 9.85. The average molecular weight is 310 g/mol. The Labute approximate surface area is 128 Å². The number of aryl methyl sites for hydroxylation is 2. The molecule has 1 aromatic heterocycles. The van der Waals surface area contributed by atoms with E-state index in [-0.39, 0.29) is 23.6 Å². The van der Waals surface area contributed by atoms with Gasteiger partial charge in [0.25, 0.3) is 5.91 Å². The number of nitrogens with zero attached hydrogens (tertiary/aromatic N) is 3. The summed E-state index contributed by atoms with van der Waals surface area (Å²) in [6.07, 6.45) is 4.23. The molecule has 0 saturated heterocycles. The minimum absolute atomic E-state index is 0.0515. The van der Waals surface area contributed by atoms with Crippen LogP contribution in [0.1, 0.15) is 55.2 Å². The minimum atomic E-state index is -0.908. The Hall–Kier alpha value is -1.96. The third kappa shape index (κ3) is 3.27. The summed E-state index contributed by atoms with van der Waals surface area (Å²) in [6, 6.07) is 0. The normalized spacial score (nSPS) is 17.2. The van der Waals surface area contributed by atoms with Gasteiger partial charge >= 0.3 is 5.69 Å². The van der Waals surface area contributed by atoms with E-state index in [0.29, 0.717) is 19.4 Å². The second-order valence-electron chi connectivity index (χ2n) is 5.82. The van der Waals surface area contributed by atoms with E-state index in [0.717, 1.165) is 19.3 Å². The van der Waals surface area contributed by atoms with Crippen LogP contribution < -0.4 is 5.32 Å². The second kappa shape index (κ2) is 6.43. The molecular weight excluding hydrogens is 288 g/mol. The van der Waals surface area contributed by atoms with E-state index >= 15 is 0 Å². The third-order valence-electron chi connectivity index (χ3n) is 4.16. The van der Waals surface area contributed by atoms with E-state index in [9.17, 15) is 20.0 Å². The number of carbonyl (C=O) groups is 1. The van der Waals surface area contributed by atoms with Gasteiger partial charge in [0.15, 0.2) is 0 Å². The van der Waals surface area contributed by atoms with Crippen LogP contribution in [0.4, 0.5) is 5.69 Å². The van der Waals surface area contributed by atoms with Gasteiger partial charge in [-0.25, -0.2) is 0 Å². The van der Waals surface area contributed by atoms with Crippen LogP contribution in [0, 0.1) is 17.0 Å². The van der Waals surface area contributed by atoms with Crippen molar-refractivity contribution in [2.45, 2.75) is 58.1 Å². The van der Waals surface area contributed by atoms with Gasteiger partial charge in [-0.2, -0.15) is 5.10 Å². The standard InChI is InChI=1S/C14H22N4O4/c1-3-17-12(11(18(21)22)10(2)16-17)13(19)15-9-14(20)7-5-4-6-8-14/h20H,3-9H2,1-2H3,(H,15,19). The smallest absolute Gasteiger partial charge is 0.322 e.